The molecule has 0 saturated carbocycles. The second-order valence-corrected chi connectivity index (χ2v) is 3.94. The molecule has 0 aliphatic heterocycles. The molecule has 2 aromatic rings. The molecular formula is C16H12N2O2. The number of para-hydroxylation sites is 1. The number of rotatable bonds is 5. The number of benzene rings is 2. The number of hydrogen-bond acceptors (Lipinski definition) is 4. The Morgan fingerprint density at radius 3 is 2.20 bits per heavy atom. The van der Waals surface area contributed by atoms with Crippen LogP contribution < -0.4 is 9.47 Å². The van der Waals surface area contributed by atoms with Crippen LogP contribution in [0, 0.1) is 22.7 Å². The number of ether oxygens (including phenoxy) is 2. The van der Waals surface area contributed by atoms with Gasteiger partial charge in [-0.1, -0.05) is 12.1 Å². The Morgan fingerprint density at radius 1 is 0.800 bits per heavy atom. The lowest BCUT2D eigenvalue weighted by atomic mass is 10.2. The fourth-order valence-corrected chi connectivity index (χ4v) is 1.62. The Morgan fingerprint density at radius 2 is 1.50 bits per heavy atom. The lowest BCUT2D eigenvalue weighted by Crippen LogP contribution is -2.09. The van der Waals surface area contributed by atoms with Gasteiger partial charge >= 0.3 is 0 Å². The SMILES string of the molecule is N#Cc1ccc(OCCOc2ccccc2C#N)cc1. The third kappa shape index (κ3) is 3.51. The molecule has 0 aliphatic carbocycles. The van der Waals surface area contributed by atoms with Gasteiger partial charge in [0.1, 0.15) is 30.8 Å². The van der Waals surface area contributed by atoms with Crippen LogP contribution >= 0.6 is 0 Å². The van der Waals surface area contributed by atoms with E-state index in [4.69, 9.17) is 20.0 Å². The zero-order valence-electron chi connectivity index (χ0n) is 10.7. The summed E-state index contributed by atoms with van der Waals surface area (Å²) in [4.78, 5) is 0. The van der Waals surface area contributed by atoms with Crippen molar-refractivity contribution in [1.29, 1.82) is 10.5 Å². The summed E-state index contributed by atoms with van der Waals surface area (Å²) in [5.74, 6) is 1.24. The van der Waals surface area contributed by atoms with E-state index in [1.54, 1.807) is 42.5 Å². The van der Waals surface area contributed by atoms with E-state index < -0.39 is 0 Å². The van der Waals surface area contributed by atoms with Crippen LogP contribution in [0.2, 0.25) is 0 Å². The van der Waals surface area contributed by atoms with Gasteiger partial charge in [0.15, 0.2) is 0 Å². The highest BCUT2D eigenvalue weighted by Crippen LogP contribution is 2.16. The Kier molecular flexibility index (Phi) is 4.59. The molecular weight excluding hydrogens is 252 g/mol. The number of nitriles is 2. The molecule has 98 valence electrons. The summed E-state index contributed by atoms with van der Waals surface area (Å²) in [6, 6.07) is 18.0. The molecule has 0 fully saturated rings. The molecule has 4 heteroatoms. The molecule has 0 radical (unpaired) electrons. The van der Waals surface area contributed by atoms with Crippen LogP contribution in [0.4, 0.5) is 0 Å². The van der Waals surface area contributed by atoms with E-state index in [1.165, 1.54) is 0 Å². The first-order valence-corrected chi connectivity index (χ1v) is 6.08. The van der Waals surface area contributed by atoms with E-state index in [-0.39, 0.29) is 0 Å². The fraction of sp³-hybridized carbons (Fsp3) is 0.125. The maximum atomic E-state index is 8.91. The largest absolute Gasteiger partial charge is 0.490 e. The molecule has 0 atom stereocenters. The van der Waals surface area contributed by atoms with Crippen molar-refractivity contribution in [2.45, 2.75) is 0 Å². The van der Waals surface area contributed by atoms with E-state index in [0.29, 0.717) is 35.8 Å². The molecule has 0 saturated heterocycles. The van der Waals surface area contributed by atoms with Crippen molar-refractivity contribution in [1.82, 2.24) is 0 Å². The van der Waals surface area contributed by atoms with Crippen LogP contribution in [-0.2, 0) is 0 Å². The maximum absolute atomic E-state index is 8.91. The third-order valence-electron chi connectivity index (χ3n) is 2.60. The summed E-state index contributed by atoms with van der Waals surface area (Å²) >= 11 is 0. The van der Waals surface area contributed by atoms with Gasteiger partial charge in [-0.15, -0.1) is 0 Å². The Bertz CT molecular complexity index is 651. The molecule has 2 aromatic carbocycles. The molecule has 0 spiro atoms. The van der Waals surface area contributed by atoms with Crippen LogP contribution in [-0.4, -0.2) is 13.2 Å². The van der Waals surface area contributed by atoms with Crippen LogP contribution in [0.25, 0.3) is 0 Å². The smallest absolute Gasteiger partial charge is 0.137 e. The highest BCUT2D eigenvalue weighted by Gasteiger charge is 2.01. The molecule has 20 heavy (non-hydrogen) atoms. The minimum Gasteiger partial charge on any atom is -0.490 e. The lowest BCUT2D eigenvalue weighted by molar-refractivity contribution is 0.217. The molecule has 0 aromatic heterocycles. The van der Waals surface area contributed by atoms with Crippen LogP contribution in [0.1, 0.15) is 11.1 Å². The van der Waals surface area contributed by atoms with Gasteiger partial charge in [-0.3, -0.25) is 0 Å². The van der Waals surface area contributed by atoms with Crippen molar-refractivity contribution in [2.75, 3.05) is 13.2 Å². The molecule has 0 N–H and O–H groups in total. The van der Waals surface area contributed by atoms with Crippen molar-refractivity contribution in [3.63, 3.8) is 0 Å². The van der Waals surface area contributed by atoms with Crippen molar-refractivity contribution in [3.8, 4) is 23.6 Å². The van der Waals surface area contributed by atoms with E-state index in [2.05, 4.69) is 6.07 Å². The molecule has 2 rings (SSSR count). The minimum absolute atomic E-state index is 0.346. The predicted molar refractivity (Wildman–Crippen MR) is 73.3 cm³/mol. The molecule has 0 amide bonds. The molecule has 0 unspecified atom stereocenters. The second kappa shape index (κ2) is 6.82. The molecule has 0 aliphatic rings. The van der Waals surface area contributed by atoms with Gasteiger partial charge in [-0.2, -0.15) is 10.5 Å². The van der Waals surface area contributed by atoms with E-state index in [1.807, 2.05) is 12.1 Å². The van der Waals surface area contributed by atoms with Gasteiger partial charge in [0.2, 0.25) is 0 Å². The van der Waals surface area contributed by atoms with Crippen LogP contribution in [0.15, 0.2) is 48.5 Å². The van der Waals surface area contributed by atoms with Gasteiger partial charge in [0, 0.05) is 0 Å². The van der Waals surface area contributed by atoms with E-state index in [0.717, 1.165) is 0 Å². The first-order chi connectivity index (χ1) is 9.83. The Hall–Kier alpha value is -2.98. The van der Waals surface area contributed by atoms with Crippen molar-refractivity contribution in [2.24, 2.45) is 0 Å². The Labute approximate surface area is 117 Å². The predicted octanol–water partition coefficient (Wildman–Crippen LogP) is 2.89. The molecule has 4 nitrogen and oxygen atoms in total. The van der Waals surface area contributed by atoms with Gasteiger partial charge in [-0.25, -0.2) is 0 Å². The normalized spacial score (nSPS) is 9.30. The topological polar surface area (TPSA) is 66.0 Å². The minimum atomic E-state index is 0.346. The summed E-state index contributed by atoms with van der Waals surface area (Å²) in [6.07, 6.45) is 0. The van der Waals surface area contributed by atoms with E-state index in [9.17, 15) is 0 Å². The monoisotopic (exact) mass is 264 g/mol. The highest BCUT2D eigenvalue weighted by molar-refractivity contribution is 5.42. The van der Waals surface area contributed by atoms with Gasteiger partial charge in [-0.05, 0) is 36.4 Å². The molecule has 0 bridgehead atoms. The first kappa shape index (κ1) is 13.5. The average Bonchev–Trinajstić information content (AvgIpc) is 2.52. The number of hydrogen-bond donors (Lipinski definition) is 0. The average molecular weight is 264 g/mol. The lowest BCUT2D eigenvalue weighted by Gasteiger charge is -2.09. The van der Waals surface area contributed by atoms with Crippen molar-refractivity contribution in [3.05, 3.63) is 59.7 Å². The third-order valence-corrected chi connectivity index (χ3v) is 2.60. The van der Waals surface area contributed by atoms with E-state index >= 15 is 0 Å². The fourth-order valence-electron chi connectivity index (χ4n) is 1.62. The summed E-state index contributed by atoms with van der Waals surface area (Å²) < 4.78 is 11.0. The number of nitrogens with zero attached hydrogens (tertiary/aromatic N) is 2. The van der Waals surface area contributed by atoms with Gasteiger partial charge in [0.25, 0.3) is 0 Å². The van der Waals surface area contributed by atoms with Crippen molar-refractivity contribution >= 4 is 0 Å². The van der Waals surface area contributed by atoms with Gasteiger partial charge < -0.3 is 9.47 Å². The van der Waals surface area contributed by atoms with Gasteiger partial charge in [0.05, 0.1) is 17.2 Å². The Balaban J connectivity index is 1.82. The summed E-state index contributed by atoms with van der Waals surface area (Å²) in [5, 5.41) is 17.6. The van der Waals surface area contributed by atoms with Crippen molar-refractivity contribution < 1.29 is 9.47 Å². The summed E-state index contributed by atoms with van der Waals surface area (Å²) in [6.45, 7) is 0.713. The summed E-state index contributed by atoms with van der Waals surface area (Å²) in [7, 11) is 0. The van der Waals surface area contributed by atoms with Crippen LogP contribution in [0.3, 0.4) is 0 Å². The van der Waals surface area contributed by atoms with Crippen LogP contribution in [0.5, 0.6) is 11.5 Å². The zero-order chi connectivity index (χ0) is 14.2. The maximum Gasteiger partial charge on any atom is 0.137 e. The second-order valence-electron chi connectivity index (χ2n) is 3.94. The first-order valence-electron chi connectivity index (χ1n) is 6.08. The summed E-state index contributed by atoms with van der Waals surface area (Å²) in [5.41, 5.74) is 1.10. The molecule has 0 heterocycles. The zero-order valence-corrected chi connectivity index (χ0v) is 10.7. The quantitative estimate of drug-likeness (QED) is 0.779. The standard InChI is InChI=1S/C16H12N2O2/c17-11-13-5-7-15(8-6-13)19-9-10-20-16-4-2-1-3-14(16)12-18/h1-8H,9-10H2. The highest BCUT2D eigenvalue weighted by atomic mass is 16.5.